The van der Waals surface area contributed by atoms with Crippen molar-refractivity contribution in [2.45, 2.75) is 32.9 Å². The summed E-state index contributed by atoms with van der Waals surface area (Å²) >= 11 is 3.51. The average molecular weight is 245 g/mol. The lowest BCUT2D eigenvalue weighted by molar-refractivity contribution is 0.0449. The van der Waals surface area contributed by atoms with Gasteiger partial charge in [-0.25, -0.2) is 4.68 Å². The number of hydrogen-bond acceptors (Lipinski definition) is 2. The van der Waals surface area contributed by atoms with Gasteiger partial charge in [0.2, 0.25) is 0 Å². The molecule has 72 valence electrons. The van der Waals surface area contributed by atoms with Gasteiger partial charge in [-0.2, -0.15) is 5.10 Å². The van der Waals surface area contributed by atoms with Gasteiger partial charge in [-0.1, -0.05) is 0 Å². The molecule has 1 aliphatic rings. The Hall–Kier alpha value is -0.350. The van der Waals surface area contributed by atoms with Gasteiger partial charge in [0.05, 0.1) is 15.9 Å². The number of nitrogens with zero attached hydrogens (tertiary/aromatic N) is 2. The molecule has 0 aliphatic carbocycles. The van der Waals surface area contributed by atoms with Gasteiger partial charge in [-0.05, 0) is 42.6 Å². The number of rotatable bonds is 1. The zero-order valence-electron chi connectivity index (χ0n) is 7.88. The summed E-state index contributed by atoms with van der Waals surface area (Å²) in [6.45, 7) is 4.93. The Morgan fingerprint density at radius 3 is 2.77 bits per heavy atom. The Kier molecular flexibility index (Phi) is 2.43. The highest BCUT2D eigenvalue weighted by Crippen LogP contribution is 2.28. The van der Waals surface area contributed by atoms with E-state index in [1.54, 1.807) is 0 Å². The molecule has 1 aromatic heterocycles. The second kappa shape index (κ2) is 3.42. The van der Waals surface area contributed by atoms with Crippen molar-refractivity contribution < 1.29 is 4.74 Å². The fourth-order valence-electron chi connectivity index (χ4n) is 1.68. The monoisotopic (exact) mass is 244 g/mol. The average Bonchev–Trinajstić information content (AvgIpc) is 2.70. The lowest BCUT2D eigenvalue weighted by Gasteiger charge is -2.11. The molecule has 0 N–H and O–H groups in total. The lowest BCUT2D eigenvalue weighted by atomic mass is 10.3. The predicted octanol–water partition coefficient (Wildman–Crippen LogP) is 2.57. The van der Waals surface area contributed by atoms with E-state index in [1.807, 2.05) is 11.6 Å². The molecule has 1 atom stereocenters. The maximum Gasteiger partial charge on any atom is 0.150 e. The number of ether oxygens (including phenoxy) is 1. The summed E-state index contributed by atoms with van der Waals surface area (Å²) in [4.78, 5) is 0. The van der Waals surface area contributed by atoms with Crippen LogP contribution in [-0.2, 0) is 4.74 Å². The van der Waals surface area contributed by atoms with Crippen molar-refractivity contribution >= 4 is 15.9 Å². The Morgan fingerprint density at radius 1 is 1.54 bits per heavy atom. The third-order valence-electron chi connectivity index (χ3n) is 2.42. The highest BCUT2D eigenvalue weighted by molar-refractivity contribution is 9.10. The molecule has 1 unspecified atom stereocenters. The van der Waals surface area contributed by atoms with E-state index in [-0.39, 0.29) is 6.23 Å². The van der Waals surface area contributed by atoms with Crippen LogP contribution < -0.4 is 0 Å². The highest BCUT2D eigenvalue weighted by atomic mass is 79.9. The number of halogens is 1. The van der Waals surface area contributed by atoms with Crippen LogP contribution in [0.1, 0.15) is 30.5 Å². The molecule has 1 aliphatic heterocycles. The highest BCUT2D eigenvalue weighted by Gasteiger charge is 2.21. The summed E-state index contributed by atoms with van der Waals surface area (Å²) in [5, 5.41) is 4.44. The van der Waals surface area contributed by atoms with Crippen LogP contribution >= 0.6 is 15.9 Å². The minimum absolute atomic E-state index is 0.157. The van der Waals surface area contributed by atoms with Crippen molar-refractivity contribution in [3.05, 3.63) is 15.9 Å². The zero-order valence-corrected chi connectivity index (χ0v) is 9.47. The van der Waals surface area contributed by atoms with Crippen molar-refractivity contribution in [3.8, 4) is 0 Å². The minimum atomic E-state index is 0.157. The van der Waals surface area contributed by atoms with E-state index >= 15 is 0 Å². The third-order valence-corrected chi connectivity index (χ3v) is 3.56. The standard InChI is InChI=1S/C9H13BrN2O/c1-6-9(10)7(2)12(11-6)8-4-3-5-13-8/h8H,3-5H2,1-2H3. The SMILES string of the molecule is Cc1nn(C2CCCO2)c(C)c1Br. The Labute approximate surface area is 86.2 Å². The second-order valence-corrected chi connectivity index (χ2v) is 4.19. The fraction of sp³-hybridized carbons (Fsp3) is 0.667. The minimum Gasteiger partial charge on any atom is -0.357 e. The van der Waals surface area contributed by atoms with E-state index in [0.717, 1.165) is 35.3 Å². The third kappa shape index (κ3) is 1.53. The van der Waals surface area contributed by atoms with Gasteiger partial charge in [-0.3, -0.25) is 0 Å². The van der Waals surface area contributed by atoms with Crippen LogP contribution in [0.3, 0.4) is 0 Å². The maximum atomic E-state index is 5.57. The molecule has 0 amide bonds. The summed E-state index contributed by atoms with van der Waals surface area (Å²) < 4.78 is 8.65. The molecule has 1 aromatic rings. The summed E-state index contributed by atoms with van der Waals surface area (Å²) in [6, 6.07) is 0. The number of hydrogen-bond donors (Lipinski definition) is 0. The van der Waals surface area contributed by atoms with Crippen molar-refractivity contribution in [1.82, 2.24) is 9.78 Å². The van der Waals surface area contributed by atoms with Gasteiger partial charge in [0, 0.05) is 6.61 Å². The second-order valence-electron chi connectivity index (χ2n) is 3.40. The van der Waals surface area contributed by atoms with E-state index < -0.39 is 0 Å². The number of aromatic nitrogens is 2. The van der Waals surface area contributed by atoms with Gasteiger partial charge < -0.3 is 4.74 Å². The van der Waals surface area contributed by atoms with Crippen molar-refractivity contribution in [3.63, 3.8) is 0 Å². The molecular weight excluding hydrogens is 232 g/mol. The summed E-state index contributed by atoms with van der Waals surface area (Å²) in [7, 11) is 0. The molecule has 1 fully saturated rings. The fourth-order valence-corrected chi connectivity index (χ4v) is 1.94. The molecule has 0 spiro atoms. The normalized spacial score (nSPS) is 22.5. The van der Waals surface area contributed by atoms with Crippen molar-refractivity contribution in [1.29, 1.82) is 0 Å². The molecule has 0 bridgehead atoms. The Balaban J connectivity index is 2.34. The molecule has 0 radical (unpaired) electrons. The molecule has 4 heteroatoms. The topological polar surface area (TPSA) is 27.1 Å². The lowest BCUT2D eigenvalue weighted by Crippen LogP contribution is -2.10. The molecular formula is C9H13BrN2O. The Morgan fingerprint density at radius 2 is 2.31 bits per heavy atom. The van der Waals surface area contributed by atoms with Crippen LogP contribution in [0.25, 0.3) is 0 Å². The van der Waals surface area contributed by atoms with Gasteiger partial charge in [0.1, 0.15) is 0 Å². The van der Waals surface area contributed by atoms with Gasteiger partial charge >= 0.3 is 0 Å². The van der Waals surface area contributed by atoms with Crippen LogP contribution in [-0.4, -0.2) is 16.4 Å². The van der Waals surface area contributed by atoms with Crippen molar-refractivity contribution in [2.75, 3.05) is 6.61 Å². The van der Waals surface area contributed by atoms with E-state index in [4.69, 9.17) is 4.74 Å². The van der Waals surface area contributed by atoms with Gasteiger partial charge in [0.25, 0.3) is 0 Å². The van der Waals surface area contributed by atoms with Crippen LogP contribution in [0.5, 0.6) is 0 Å². The van der Waals surface area contributed by atoms with Crippen LogP contribution in [0, 0.1) is 13.8 Å². The molecule has 1 saturated heterocycles. The molecule has 2 rings (SSSR count). The van der Waals surface area contributed by atoms with Gasteiger partial charge in [0.15, 0.2) is 6.23 Å². The van der Waals surface area contributed by atoms with Gasteiger partial charge in [-0.15, -0.1) is 0 Å². The summed E-state index contributed by atoms with van der Waals surface area (Å²) in [5.74, 6) is 0. The first kappa shape index (κ1) is 9.21. The first-order valence-corrected chi connectivity index (χ1v) is 5.32. The summed E-state index contributed by atoms with van der Waals surface area (Å²) in [5.41, 5.74) is 2.19. The van der Waals surface area contributed by atoms with Crippen LogP contribution in [0.15, 0.2) is 4.47 Å². The predicted molar refractivity (Wildman–Crippen MR) is 53.6 cm³/mol. The van der Waals surface area contributed by atoms with E-state index in [2.05, 4.69) is 28.0 Å². The van der Waals surface area contributed by atoms with Crippen molar-refractivity contribution in [2.24, 2.45) is 0 Å². The Bertz CT molecular complexity index is 316. The van der Waals surface area contributed by atoms with Crippen LogP contribution in [0.2, 0.25) is 0 Å². The summed E-state index contributed by atoms with van der Waals surface area (Å²) in [6.07, 6.45) is 2.37. The largest absolute Gasteiger partial charge is 0.357 e. The van der Waals surface area contributed by atoms with Crippen LogP contribution in [0.4, 0.5) is 0 Å². The number of aryl methyl sites for hydroxylation is 1. The molecule has 2 heterocycles. The van der Waals surface area contributed by atoms with E-state index in [9.17, 15) is 0 Å². The smallest absolute Gasteiger partial charge is 0.150 e. The van der Waals surface area contributed by atoms with E-state index in [0.29, 0.717) is 0 Å². The molecule has 0 saturated carbocycles. The first-order chi connectivity index (χ1) is 6.20. The zero-order chi connectivity index (χ0) is 9.42. The molecule has 0 aromatic carbocycles. The first-order valence-electron chi connectivity index (χ1n) is 4.53. The maximum absolute atomic E-state index is 5.57. The molecule has 3 nitrogen and oxygen atoms in total. The quantitative estimate of drug-likeness (QED) is 0.760. The molecule has 13 heavy (non-hydrogen) atoms. The van der Waals surface area contributed by atoms with E-state index in [1.165, 1.54) is 0 Å².